The van der Waals surface area contributed by atoms with Crippen molar-refractivity contribution in [3.8, 4) is 0 Å². The Morgan fingerprint density at radius 3 is 2.76 bits per heavy atom. The average Bonchev–Trinajstić information content (AvgIpc) is 3.37. The van der Waals surface area contributed by atoms with E-state index in [1.54, 1.807) is 17.1 Å². The fourth-order valence-electron chi connectivity index (χ4n) is 3.10. The van der Waals surface area contributed by atoms with E-state index in [9.17, 15) is 9.59 Å². The highest BCUT2D eigenvalue weighted by Gasteiger charge is 2.17. The van der Waals surface area contributed by atoms with Crippen LogP contribution in [0.3, 0.4) is 0 Å². The van der Waals surface area contributed by atoms with E-state index in [4.69, 9.17) is 5.11 Å². The van der Waals surface area contributed by atoms with Gasteiger partial charge in [-0.25, -0.2) is 4.79 Å². The Labute approximate surface area is 166 Å². The smallest absolute Gasteiger partial charge is 0.328 e. The van der Waals surface area contributed by atoms with Crippen LogP contribution in [0.2, 0.25) is 0 Å². The van der Waals surface area contributed by atoms with E-state index in [2.05, 4.69) is 39.8 Å². The van der Waals surface area contributed by atoms with E-state index in [1.807, 2.05) is 18.2 Å². The molecule has 0 spiro atoms. The van der Waals surface area contributed by atoms with Crippen molar-refractivity contribution in [2.75, 3.05) is 5.32 Å². The number of rotatable bonds is 6. The summed E-state index contributed by atoms with van der Waals surface area (Å²) in [4.78, 5) is 23.4. The minimum atomic E-state index is -1.02. The Bertz CT molecular complexity index is 1190. The number of aliphatic carboxylic acids is 1. The second-order valence-electron chi connectivity index (χ2n) is 6.71. The zero-order chi connectivity index (χ0) is 20.4. The molecule has 8 heteroatoms. The topological polar surface area (TPSA) is 102 Å². The predicted octanol–water partition coefficient (Wildman–Crippen LogP) is 3.18. The summed E-state index contributed by atoms with van der Waals surface area (Å²) < 4.78 is 2.99. The van der Waals surface area contributed by atoms with Crippen molar-refractivity contribution in [1.82, 2.24) is 19.6 Å². The number of fused-ring (bicyclic) bond motifs is 1. The molecule has 146 valence electrons. The van der Waals surface area contributed by atoms with Crippen molar-refractivity contribution in [3.63, 3.8) is 0 Å². The van der Waals surface area contributed by atoms with Gasteiger partial charge in [0, 0.05) is 12.4 Å². The number of anilines is 1. The third kappa shape index (κ3) is 3.86. The first-order chi connectivity index (χ1) is 14.0. The van der Waals surface area contributed by atoms with Gasteiger partial charge in [0.1, 0.15) is 6.04 Å². The number of carbonyl (C=O) groups excluding carboxylic acids is 1. The zero-order valence-electron chi connectivity index (χ0n) is 15.7. The number of carboxylic acid groups (broad SMARTS) is 1. The molecule has 4 aromatic rings. The van der Waals surface area contributed by atoms with Gasteiger partial charge in [0.2, 0.25) is 0 Å². The minimum Gasteiger partial charge on any atom is -0.480 e. The molecule has 0 aliphatic heterocycles. The zero-order valence-corrected chi connectivity index (χ0v) is 15.7. The van der Waals surface area contributed by atoms with E-state index in [1.165, 1.54) is 23.9 Å². The van der Waals surface area contributed by atoms with Crippen molar-refractivity contribution in [2.45, 2.75) is 19.5 Å². The van der Waals surface area contributed by atoms with E-state index in [0.717, 1.165) is 16.3 Å². The Hall–Kier alpha value is -3.94. The molecule has 2 N–H and O–H groups in total. The van der Waals surface area contributed by atoms with Crippen LogP contribution in [0.5, 0.6) is 0 Å². The Morgan fingerprint density at radius 2 is 1.93 bits per heavy atom. The summed E-state index contributed by atoms with van der Waals surface area (Å²) in [6, 6.07) is 14.9. The van der Waals surface area contributed by atoms with Gasteiger partial charge in [-0.05, 0) is 29.3 Å². The summed E-state index contributed by atoms with van der Waals surface area (Å²) in [5.74, 6) is -1.44. The van der Waals surface area contributed by atoms with Crippen LogP contribution >= 0.6 is 0 Å². The van der Waals surface area contributed by atoms with Crippen molar-refractivity contribution < 1.29 is 14.7 Å². The number of aromatic nitrogens is 4. The summed E-state index contributed by atoms with van der Waals surface area (Å²) in [5, 5.41) is 22.5. The molecule has 2 aromatic carbocycles. The summed E-state index contributed by atoms with van der Waals surface area (Å²) >= 11 is 0. The SMILES string of the molecule is CC(C(=O)O)n1ccc(C(=O)Nc2cnn(Cc3cccc4ccccc34)c2)n1. The number of hydrogen-bond donors (Lipinski definition) is 2. The third-order valence-electron chi connectivity index (χ3n) is 4.70. The quantitative estimate of drug-likeness (QED) is 0.527. The van der Waals surface area contributed by atoms with Gasteiger partial charge in [-0.15, -0.1) is 0 Å². The highest BCUT2D eigenvalue weighted by Crippen LogP contribution is 2.20. The van der Waals surface area contributed by atoms with E-state index < -0.39 is 17.9 Å². The van der Waals surface area contributed by atoms with Gasteiger partial charge in [-0.1, -0.05) is 42.5 Å². The highest BCUT2D eigenvalue weighted by atomic mass is 16.4. The number of carbonyl (C=O) groups is 2. The summed E-state index contributed by atoms with van der Waals surface area (Å²) in [6.45, 7) is 2.07. The monoisotopic (exact) mass is 389 g/mol. The first kappa shape index (κ1) is 18.4. The van der Waals surface area contributed by atoms with Crippen LogP contribution in [-0.2, 0) is 11.3 Å². The van der Waals surface area contributed by atoms with Crippen molar-refractivity contribution >= 4 is 28.3 Å². The van der Waals surface area contributed by atoms with Gasteiger partial charge >= 0.3 is 5.97 Å². The minimum absolute atomic E-state index is 0.139. The lowest BCUT2D eigenvalue weighted by Crippen LogP contribution is -2.18. The number of nitrogens with zero attached hydrogens (tertiary/aromatic N) is 4. The lowest BCUT2D eigenvalue weighted by molar-refractivity contribution is -0.140. The van der Waals surface area contributed by atoms with Crippen molar-refractivity contribution in [2.24, 2.45) is 0 Å². The molecule has 0 aliphatic carbocycles. The fourth-order valence-corrected chi connectivity index (χ4v) is 3.10. The summed E-state index contributed by atoms with van der Waals surface area (Å²) in [6.07, 6.45) is 4.79. The maximum atomic E-state index is 12.4. The molecule has 0 saturated heterocycles. The molecule has 4 rings (SSSR count). The van der Waals surface area contributed by atoms with Crippen LogP contribution in [0.4, 0.5) is 5.69 Å². The lowest BCUT2D eigenvalue weighted by atomic mass is 10.0. The van der Waals surface area contributed by atoms with Crippen molar-refractivity contribution in [1.29, 1.82) is 0 Å². The Morgan fingerprint density at radius 1 is 1.14 bits per heavy atom. The normalized spacial score (nSPS) is 12.0. The molecule has 0 saturated carbocycles. The molecule has 1 unspecified atom stereocenters. The van der Waals surface area contributed by atoms with E-state index in [-0.39, 0.29) is 5.69 Å². The molecule has 0 aliphatic rings. The van der Waals surface area contributed by atoms with Gasteiger partial charge in [0.25, 0.3) is 5.91 Å². The second kappa shape index (κ2) is 7.59. The van der Waals surface area contributed by atoms with E-state index in [0.29, 0.717) is 12.2 Å². The van der Waals surface area contributed by atoms with E-state index >= 15 is 0 Å². The standard InChI is InChI=1S/C21H19N5O3/c1-14(21(28)29)26-10-9-19(24-26)20(27)23-17-11-22-25(13-17)12-16-7-4-6-15-5-2-3-8-18(15)16/h2-11,13-14H,12H2,1H3,(H,23,27)(H,28,29). The first-order valence-electron chi connectivity index (χ1n) is 9.09. The molecule has 2 heterocycles. The Kier molecular flexibility index (Phi) is 4.82. The second-order valence-corrected chi connectivity index (χ2v) is 6.71. The van der Waals surface area contributed by atoms with Gasteiger partial charge < -0.3 is 10.4 Å². The third-order valence-corrected chi connectivity index (χ3v) is 4.70. The van der Waals surface area contributed by atoms with Gasteiger partial charge in [0.05, 0.1) is 18.4 Å². The van der Waals surface area contributed by atoms with Crippen LogP contribution in [0.1, 0.15) is 29.0 Å². The van der Waals surface area contributed by atoms with Crippen LogP contribution in [-0.4, -0.2) is 36.5 Å². The Balaban J connectivity index is 1.47. The molecule has 1 atom stereocenters. The molecule has 0 radical (unpaired) electrons. The van der Waals surface area contributed by atoms with Crippen LogP contribution in [0.15, 0.2) is 67.1 Å². The average molecular weight is 389 g/mol. The molecule has 8 nitrogen and oxygen atoms in total. The molecule has 2 aromatic heterocycles. The molecule has 1 amide bonds. The predicted molar refractivity (Wildman–Crippen MR) is 108 cm³/mol. The number of benzene rings is 2. The molecular weight excluding hydrogens is 370 g/mol. The van der Waals surface area contributed by atoms with Crippen LogP contribution in [0, 0.1) is 0 Å². The van der Waals surface area contributed by atoms with Crippen LogP contribution in [0.25, 0.3) is 10.8 Å². The van der Waals surface area contributed by atoms with Gasteiger partial charge in [-0.3, -0.25) is 14.2 Å². The number of hydrogen-bond acceptors (Lipinski definition) is 4. The maximum Gasteiger partial charge on any atom is 0.328 e. The largest absolute Gasteiger partial charge is 0.480 e. The van der Waals surface area contributed by atoms with Gasteiger partial charge in [-0.2, -0.15) is 10.2 Å². The maximum absolute atomic E-state index is 12.4. The number of amides is 1. The highest BCUT2D eigenvalue weighted by molar-refractivity contribution is 6.02. The summed E-state index contributed by atoms with van der Waals surface area (Å²) in [5.41, 5.74) is 1.81. The van der Waals surface area contributed by atoms with Crippen molar-refractivity contribution in [3.05, 3.63) is 78.4 Å². The molecule has 0 bridgehead atoms. The first-order valence-corrected chi connectivity index (χ1v) is 9.09. The van der Waals surface area contributed by atoms with Crippen LogP contribution < -0.4 is 5.32 Å². The van der Waals surface area contributed by atoms with Gasteiger partial charge in [0.15, 0.2) is 5.69 Å². The number of nitrogens with one attached hydrogen (secondary N) is 1. The molecular formula is C21H19N5O3. The lowest BCUT2D eigenvalue weighted by Gasteiger charge is -2.06. The summed E-state index contributed by atoms with van der Waals surface area (Å²) in [7, 11) is 0. The number of carboxylic acids is 1. The molecule has 29 heavy (non-hydrogen) atoms. The molecule has 0 fully saturated rings. The fraction of sp³-hybridized carbons (Fsp3) is 0.143.